The first-order valence-electron chi connectivity index (χ1n) is 6.28. The number of allylic oxidation sites excluding steroid dienone is 1. The van der Waals surface area contributed by atoms with Crippen LogP contribution in [0.1, 0.15) is 13.8 Å². The van der Waals surface area contributed by atoms with Gasteiger partial charge in [0, 0.05) is 19.6 Å². The smallest absolute Gasteiger partial charge is 0.0829 e. The predicted molar refractivity (Wildman–Crippen MR) is 71.9 cm³/mol. The number of nitrogens with zero attached hydrogens (tertiary/aromatic N) is 2. The molecule has 17 heavy (non-hydrogen) atoms. The molecule has 1 rings (SSSR count). The van der Waals surface area contributed by atoms with Crippen LogP contribution in [0.25, 0.3) is 0 Å². The lowest BCUT2D eigenvalue weighted by Crippen LogP contribution is -2.46. The summed E-state index contributed by atoms with van der Waals surface area (Å²) in [5.74, 6) is 6.17. The second-order valence-electron chi connectivity index (χ2n) is 4.66. The van der Waals surface area contributed by atoms with Gasteiger partial charge in [-0.2, -0.15) is 0 Å². The maximum absolute atomic E-state index is 5.76. The van der Waals surface area contributed by atoms with Crippen LogP contribution >= 0.6 is 0 Å². The molecule has 0 amide bonds. The second kappa shape index (κ2) is 7.50. The number of rotatable bonds is 4. The Labute approximate surface area is 105 Å². The highest BCUT2D eigenvalue weighted by atomic mass is 16.5. The molecule has 0 unspecified atom stereocenters. The van der Waals surface area contributed by atoms with E-state index in [9.17, 15) is 0 Å². The third-order valence-electron chi connectivity index (χ3n) is 2.88. The van der Waals surface area contributed by atoms with E-state index in [0.717, 1.165) is 44.9 Å². The molecule has 3 nitrogen and oxygen atoms in total. The summed E-state index contributed by atoms with van der Waals surface area (Å²) in [4.78, 5) is 4.64. The number of likely N-dealkylation sites (N-methyl/N-ethyl adjacent to an activating group) is 1. The monoisotopic (exact) mass is 236 g/mol. The summed E-state index contributed by atoms with van der Waals surface area (Å²) < 4.78 is 5.76. The first kappa shape index (κ1) is 14.2. The van der Waals surface area contributed by atoms with Crippen molar-refractivity contribution in [2.45, 2.75) is 20.0 Å². The van der Waals surface area contributed by atoms with Crippen LogP contribution in [0.15, 0.2) is 12.2 Å². The largest absolute Gasteiger partial charge is 0.374 e. The fourth-order valence-corrected chi connectivity index (χ4v) is 1.81. The van der Waals surface area contributed by atoms with Crippen molar-refractivity contribution in [2.75, 3.05) is 46.4 Å². The van der Waals surface area contributed by atoms with Crippen LogP contribution in [0.4, 0.5) is 0 Å². The van der Waals surface area contributed by atoms with Gasteiger partial charge in [0.2, 0.25) is 0 Å². The van der Waals surface area contributed by atoms with Crippen molar-refractivity contribution >= 4 is 0 Å². The topological polar surface area (TPSA) is 15.7 Å². The maximum Gasteiger partial charge on any atom is 0.0829 e. The van der Waals surface area contributed by atoms with Crippen molar-refractivity contribution in [3.63, 3.8) is 0 Å². The molecular weight excluding hydrogens is 212 g/mol. The van der Waals surface area contributed by atoms with Gasteiger partial charge >= 0.3 is 0 Å². The highest BCUT2D eigenvalue weighted by Crippen LogP contribution is 2.05. The number of morpholine rings is 1. The molecule has 0 bridgehead atoms. The van der Waals surface area contributed by atoms with E-state index in [2.05, 4.69) is 42.2 Å². The van der Waals surface area contributed by atoms with Crippen molar-refractivity contribution in [1.82, 2.24) is 9.80 Å². The SMILES string of the molecule is C=C(C)C#CCN1CCO[C@H](CN(C)CC)C1. The van der Waals surface area contributed by atoms with Gasteiger partial charge in [-0.1, -0.05) is 25.3 Å². The molecule has 0 radical (unpaired) electrons. The molecule has 0 N–H and O–H groups in total. The van der Waals surface area contributed by atoms with E-state index in [1.54, 1.807) is 0 Å². The zero-order valence-corrected chi connectivity index (χ0v) is 11.3. The Bertz CT molecular complexity index is 303. The molecule has 96 valence electrons. The van der Waals surface area contributed by atoms with Crippen LogP contribution in [0.2, 0.25) is 0 Å². The quantitative estimate of drug-likeness (QED) is 0.683. The molecule has 1 saturated heterocycles. The minimum Gasteiger partial charge on any atom is -0.374 e. The Hall–Kier alpha value is -0.820. The summed E-state index contributed by atoms with van der Waals surface area (Å²) in [6.45, 7) is 13.5. The van der Waals surface area contributed by atoms with Gasteiger partial charge in [0.15, 0.2) is 0 Å². The van der Waals surface area contributed by atoms with Crippen molar-refractivity contribution in [3.8, 4) is 11.8 Å². The van der Waals surface area contributed by atoms with Crippen LogP contribution in [0.5, 0.6) is 0 Å². The van der Waals surface area contributed by atoms with E-state index in [0.29, 0.717) is 6.10 Å². The lowest BCUT2D eigenvalue weighted by molar-refractivity contribution is -0.0358. The molecule has 1 fully saturated rings. The third kappa shape index (κ3) is 5.88. The molecule has 0 aromatic carbocycles. The van der Waals surface area contributed by atoms with Crippen molar-refractivity contribution < 1.29 is 4.74 Å². The minimum absolute atomic E-state index is 0.320. The third-order valence-corrected chi connectivity index (χ3v) is 2.88. The predicted octanol–water partition coefficient (Wildman–Crippen LogP) is 1.22. The first-order chi connectivity index (χ1) is 8.11. The van der Waals surface area contributed by atoms with Gasteiger partial charge in [-0.05, 0) is 26.1 Å². The van der Waals surface area contributed by atoms with Gasteiger partial charge < -0.3 is 9.64 Å². The lowest BCUT2D eigenvalue weighted by atomic mass is 10.2. The van der Waals surface area contributed by atoms with E-state index in [1.165, 1.54) is 0 Å². The van der Waals surface area contributed by atoms with Gasteiger partial charge in [0.05, 0.1) is 19.3 Å². The molecule has 1 atom stereocenters. The minimum atomic E-state index is 0.320. The standard InChI is InChI=1S/C14H24N2O/c1-5-15(4)11-14-12-16(9-10-17-14)8-6-7-13(2)3/h14H,2,5,8-12H2,1,3-4H3/t14-/m1/s1. The van der Waals surface area contributed by atoms with E-state index in [4.69, 9.17) is 4.74 Å². The number of hydrogen-bond donors (Lipinski definition) is 0. The normalized spacial score (nSPS) is 21.1. The zero-order chi connectivity index (χ0) is 12.7. The molecule has 0 saturated carbocycles. The Morgan fingerprint density at radius 1 is 1.59 bits per heavy atom. The molecule has 0 spiro atoms. The summed E-state index contributed by atoms with van der Waals surface area (Å²) in [6, 6.07) is 0. The van der Waals surface area contributed by atoms with Gasteiger partial charge in [0.25, 0.3) is 0 Å². The van der Waals surface area contributed by atoms with Gasteiger partial charge in [-0.25, -0.2) is 0 Å². The van der Waals surface area contributed by atoms with Crippen LogP contribution in [-0.2, 0) is 4.74 Å². The molecule has 0 aromatic heterocycles. The van der Waals surface area contributed by atoms with Crippen molar-refractivity contribution in [1.29, 1.82) is 0 Å². The van der Waals surface area contributed by atoms with Crippen LogP contribution in [-0.4, -0.2) is 62.3 Å². The van der Waals surface area contributed by atoms with E-state index >= 15 is 0 Å². The Morgan fingerprint density at radius 2 is 2.35 bits per heavy atom. The molecule has 1 aliphatic heterocycles. The summed E-state index contributed by atoms with van der Waals surface area (Å²) in [5, 5.41) is 0. The molecule has 0 aliphatic carbocycles. The Kier molecular flexibility index (Phi) is 6.28. The highest BCUT2D eigenvalue weighted by molar-refractivity contribution is 5.23. The summed E-state index contributed by atoms with van der Waals surface area (Å²) in [7, 11) is 2.13. The summed E-state index contributed by atoms with van der Waals surface area (Å²) in [6.07, 6.45) is 0.320. The first-order valence-corrected chi connectivity index (χ1v) is 6.28. The van der Waals surface area contributed by atoms with Gasteiger partial charge in [0.1, 0.15) is 0 Å². The Morgan fingerprint density at radius 3 is 3.00 bits per heavy atom. The van der Waals surface area contributed by atoms with E-state index in [1.807, 2.05) is 6.92 Å². The van der Waals surface area contributed by atoms with Crippen molar-refractivity contribution in [2.24, 2.45) is 0 Å². The van der Waals surface area contributed by atoms with E-state index in [-0.39, 0.29) is 0 Å². The van der Waals surface area contributed by atoms with Crippen LogP contribution < -0.4 is 0 Å². The summed E-state index contributed by atoms with van der Waals surface area (Å²) >= 11 is 0. The zero-order valence-electron chi connectivity index (χ0n) is 11.3. The molecule has 3 heteroatoms. The number of ether oxygens (including phenoxy) is 1. The number of hydrogen-bond acceptors (Lipinski definition) is 3. The van der Waals surface area contributed by atoms with Crippen LogP contribution in [0, 0.1) is 11.8 Å². The molecule has 0 aromatic rings. The average molecular weight is 236 g/mol. The molecular formula is C14H24N2O. The molecule has 1 aliphatic rings. The molecule has 1 heterocycles. The fraction of sp³-hybridized carbons (Fsp3) is 0.714. The van der Waals surface area contributed by atoms with E-state index < -0.39 is 0 Å². The fourth-order valence-electron chi connectivity index (χ4n) is 1.81. The summed E-state index contributed by atoms with van der Waals surface area (Å²) in [5.41, 5.74) is 0.931. The van der Waals surface area contributed by atoms with Crippen molar-refractivity contribution in [3.05, 3.63) is 12.2 Å². The highest BCUT2D eigenvalue weighted by Gasteiger charge is 2.20. The Balaban J connectivity index is 2.34. The van der Waals surface area contributed by atoms with Gasteiger partial charge in [-0.15, -0.1) is 0 Å². The van der Waals surface area contributed by atoms with Crippen LogP contribution in [0.3, 0.4) is 0 Å². The second-order valence-corrected chi connectivity index (χ2v) is 4.66. The van der Waals surface area contributed by atoms with Gasteiger partial charge in [-0.3, -0.25) is 4.90 Å². The average Bonchev–Trinajstić information content (AvgIpc) is 2.29. The lowest BCUT2D eigenvalue weighted by Gasteiger charge is -2.33. The maximum atomic E-state index is 5.76.